The Balaban J connectivity index is 0.000000123. The second-order valence-electron chi connectivity index (χ2n) is 33.8. The standard InChI is InChI=1S/C15H24O5S.C14H22O5S.2C13H20O5S.C12H18O5S/c1-6-14(2,3)13(16)19-11-8-7-9-10(15(8,4)5)12(11)21(17,18)20-9;1-5-13(2,3)12(15)18-11-10-8-6-14(11,4)7-9(8)19-20(10,16)17;1-4-7(2)12(14)17-11-10-8-5-13(11,3)6-9(8)18-19(10,15)16;1-4-7(2)12(14)17-10-8-5-9-11(10)19(15,16)18-13(9,3)6-8;1-3-6(2)12(13)16-10-7-4-8-9(5-7)17-18(14,15)11(8)10/h8-12H,6-7H2,1-5H3;8-11H,5-7H2,1-4H3;2*7-11H,4-6H2,1-3H3;6-11H,3-5H2,1-2H3. The number of esters is 5. The van der Waals surface area contributed by atoms with Gasteiger partial charge in [0, 0.05) is 58.2 Å². The minimum absolute atomic E-state index is 0.00438. The molecule has 0 radical (unpaired) electrons. The van der Waals surface area contributed by atoms with E-state index in [9.17, 15) is 66.1 Å². The summed E-state index contributed by atoms with van der Waals surface area (Å²) in [6.45, 7) is 32.4. The van der Waals surface area contributed by atoms with Gasteiger partial charge < -0.3 is 23.7 Å². The smallest absolute Gasteiger partial charge is 0.311 e. The van der Waals surface area contributed by atoms with E-state index in [2.05, 4.69) is 13.8 Å². The largest absolute Gasteiger partial charge is 0.460 e. The molecule has 5 heterocycles. The molecule has 0 aromatic carbocycles. The van der Waals surface area contributed by atoms with Crippen molar-refractivity contribution >= 4 is 80.4 Å². The first-order valence-electron chi connectivity index (χ1n) is 35.3. The van der Waals surface area contributed by atoms with Gasteiger partial charge in [-0.1, -0.05) is 83.1 Å². The van der Waals surface area contributed by atoms with Crippen LogP contribution in [0.15, 0.2) is 0 Å². The third kappa shape index (κ3) is 12.5. The highest BCUT2D eigenvalue weighted by atomic mass is 32.2. The lowest BCUT2D eigenvalue weighted by Crippen LogP contribution is -2.45. The Morgan fingerprint density at radius 3 is 1.33 bits per heavy atom. The molecule has 28 atom stereocenters. The van der Waals surface area contributed by atoms with Gasteiger partial charge in [0.15, 0.2) is 0 Å². The number of hydrogen-bond acceptors (Lipinski definition) is 25. The zero-order valence-corrected chi connectivity index (χ0v) is 63.2. The molecule has 10 saturated carbocycles. The lowest BCUT2D eigenvalue weighted by atomic mass is 9.81. The fourth-order valence-electron chi connectivity index (χ4n) is 19.5. The topological polar surface area (TPSA) is 348 Å². The van der Waals surface area contributed by atoms with Crippen LogP contribution in [0.3, 0.4) is 0 Å². The molecule has 97 heavy (non-hydrogen) atoms. The summed E-state index contributed by atoms with van der Waals surface area (Å²) in [5.41, 5.74) is -2.40. The Hall–Kier alpha value is -3.10. The molecule has 552 valence electrons. The Morgan fingerprint density at radius 2 is 0.845 bits per heavy atom. The number of carbonyl (C=O) groups excluding carboxylic acids is 5. The summed E-state index contributed by atoms with van der Waals surface area (Å²) in [6.07, 6.45) is 6.51. The first-order chi connectivity index (χ1) is 44.6. The molecule has 5 aliphatic heterocycles. The molecule has 0 aromatic heterocycles. The minimum Gasteiger partial charge on any atom is -0.460 e. The highest BCUT2D eigenvalue weighted by Gasteiger charge is 2.76. The zero-order chi connectivity index (χ0) is 71.8. The highest BCUT2D eigenvalue weighted by molar-refractivity contribution is 7.88. The van der Waals surface area contributed by atoms with Crippen LogP contribution in [0.2, 0.25) is 0 Å². The fourth-order valence-corrected chi connectivity index (χ4v) is 30.0. The van der Waals surface area contributed by atoms with Gasteiger partial charge in [-0.05, 0) is 130 Å². The normalized spacial score (nSPS) is 45.3. The summed E-state index contributed by atoms with van der Waals surface area (Å²) in [5.74, 6) is -1.72. The van der Waals surface area contributed by atoms with Gasteiger partial charge in [0.05, 0.1) is 58.6 Å². The second-order valence-corrected chi connectivity index (χ2v) is 42.4. The Morgan fingerprint density at radius 1 is 0.423 bits per heavy atom. The number of rotatable bonds is 15. The molecule has 10 aliphatic carbocycles. The van der Waals surface area contributed by atoms with E-state index in [0.717, 1.165) is 25.7 Å². The zero-order valence-electron chi connectivity index (χ0n) is 59.1. The van der Waals surface area contributed by atoms with Crippen molar-refractivity contribution in [3.8, 4) is 0 Å². The van der Waals surface area contributed by atoms with Crippen molar-refractivity contribution in [2.45, 2.75) is 294 Å². The van der Waals surface area contributed by atoms with Gasteiger partial charge in [-0.15, -0.1) is 0 Å². The van der Waals surface area contributed by atoms with E-state index in [1.54, 1.807) is 20.8 Å². The van der Waals surface area contributed by atoms with Gasteiger partial charge >= 0.3 is 29.8 Å². The predicted octanol–water partition coefficient (Wildman–Crippen LogP) is 7.99. The van der Waals surface area contributed by atoms with Crippen molar-refractivity contribution in [2.24, 2.45) is 92.2 Å². The van der Waals surface area contributed by atoms with Crippen LogP contribution in [0.25, 0.3) is 0 Å². The van der Waals surface area contributed by atoms with Gasteiger partial charge in [-0.3, -0.25) is 44.9 Å². The van der Waals surface area contributed by atoms with E-state index in [1.165, 1.54) is 0 Å². The second kappa shape index (κ2) is 25.1. The maximum absolute atomic E-state index is 12.4. The quantitative estimate of drug-likeness (QED) is 0.0851. The first-order valence-corrected chi connectivity index (χ1v) is 42.7. The van der Waals surface area contributed by atoms with E-state index in [-0.39, 0.29) is 136 Å². The maximum atomic E-state index is 12.4. The summed E-state index contributed by atoms with van der Waals surface area (Å²) < 4.78 is 175. The number of fused-ring (bicyclic) bond motifs is 5. The average molecular weight is 1470 g/mol. The van der Waals surface area contributed by atoms with Crippen molar-refractivity contribution in [3.63, 3.8) is 0 Å². The van der Waals surface area contributed by atoms with Crippen LogP contribution >= 0.6 is 0 Å². The van der Waals surface area contributed by atoms with Crippen LogP contribution in [0.1, 0.15) is 208 Å². The minimum atomic E-state index is -3.63. The van der Waals surface area contributed by atoms with E-state index < -0.39 is 124 Å². The highest BCUT2D eigenvalue weighted by Crippen LogP contribution is 2.67. The summed E-state index contributed by atoms with van der Waals surface area (Å²) in [7, 11) is -17.9. The van der Waals surface area contributed by atoms with E-state index in [0.29, 0.717) is 64.2 Å². The lowest BCUT2D eigenvalue weighted by Gasteiger charge is -2.34. The van der Waals surface area contributed by atoms with Gasteiger partial charge in [0.2, 0.25) is 0 Å². The molecule has 15 fully saturated rings. The molecule has 0 amide bonds. The fraction of sp³-hybridized carbons (Fsp3) is 0.925. The Kier molecular flexibility index (Phi) is 19.4. The molecule has 28 unspecified atom stereocenters. The summed E-state index contributed by atoms with van der Waals surface area (Å²) in [6, 6.07) is 0. The predicted molar refractivity (Wildman–Crippen MR) is 348 cm³/mol. The van der Waals surface area contributed by atoms with Crippen LogP contribution in [0.5, 0.6) is 0 Å². The van der Waals surface area contributed by atoms with Crippen molar-refractivity contribution in [2.75, 3.05) is 0 Å². The van der Waals surface area contributed by atoms with Gasteiger partial charge in [0.25, 0.3) is 50.6 Å². The number of hydrogen-bond donors (Lipinski definition) is 0. The molecule has 15 rings (SSSR count). The van der Waals surface area contributed by atoms with Crippen molar-refractivity contribution in [1.29, 1.82) is 0 Å². The first kappa shape index (κ1) is 75.1. The number of carbonyl (C=O) groups is 5. The van der Waals surface area contributed by atoms with Crippen LogP contribution in [-0.4, -0.2) is 159 Å². The maximum Gasteiger partial charge on any atom is 0.311 e. The Bertz CT molecular complexity index is 3730. The number of ether oxygens (including phenoxy) is 5. The lowest BCUT2D eigenvalue weighted by molar-refractivity contribution is -0.166. The molecule has 5 saturated heterocycles. The Labute approximate surface area is 574 Å². The molecule has 0 N–H and O–H groups in total. The molecule has 25 nitrogen and oxygen atoms in total. The third-order valence-corrected chi connectivity index (χ3v) is 35.4. The molecular weight excluding hydrogens is 1370 g/mol. The van der Waals surface area contributed by atoms with Crippen molar-refractivity contribution in [1.82, 2.24) is 0 Å². The molecule has 0 spiro atoms. The van der Waals surface area contributed by atoms with Crippen molar-refractivity contribution < 1.29 is 111 Å². The summed E-state index contributed by atoms with van der Waals surface area (Å²) in [5, 5.41) is -3.27. The van der Waals surface area contributed by atoms with Gasteiger partial charge in [0.1, 0.15) is 56.8 Å². The molecule has 30 heteroatoms. The summed E-state index contributed by atoms with van der Waals surface area (Å²) in [4.78, 5) is 60.4. The molecular formula is C67H104O25S5. The van der Waals surface area contributed by atoms with Crippen LogP contribution in [0, 0.1) is 92.2 Å². The summed E-state index contributed by atoms with van der Waals surface area (Å²) >= 11 is 0. The van der Waals surface area contributed by atoms with Gasteiger partial charge in [-0.2, -0.15) is 42.1 Å². The third-order valence-electron chi connectivity index (χ3n) is 26.4. The monoisotopic (exact) mass is 1470 g/mol. The molecule has 15 aliphatic rings. The van der Waals surface area contributed by atoms with E-state index >= 15 is 0 Å². The van der Waals surface area contributed by atoms with Crippen LogP contribution in [0.4, 0.5) is 0 Å². The SMILES string of the molecule is CCC(C)(C)C(=O)OC1C2C3CC1(C)CC3OS2(=O)=O.CCC(C)(C)C(=O)OC1C2CC3OS(=O)(=O)C1C3C2(C)C.CCC(C)C(=O)OC1C2C3CC1(C)CC3OS2(=O)=O.CCC(C)C(=O)OC1C2CC3C1S(=O)(=O)OC3(C)C2.CCC(C)C(=O)OC1C2CC3OS(=O)(=O)C1C3C2. The average Bonchev–Trinajstić information content (AvgIpc) is 1.56. The molecule has 10 bridgehead atoms. The van der Waals surface area contributed by atoms with Crippen LogP contribution in [-0.2, 0) is 119 Å². The van der Waals surface area contributed by atoms with Crippen LogP contribution < -0.4 is 0 Å². The van der Waals surface area contributed by atoms with Crippen molar-refractivity contribution in [3.05, 3.63) is 0 Å². The van der Waals surface area contributed by atoms with E-state index in [4.69, 9.17) is 44.6 Å². The van der Waals surface area contributed by atoms with E-state index in [1.807, 2.05) is 83.1 Å². The van der Waals surface area contributed by atoms with Gasteiger partial charge in [-0.25, -0.2) is 0 Å². The molecule has 0 aromatic rings.